The van der Waals surface area contributed by atoms with Gasteiger partial charge in [-0.05, 0) is 86.1 Å². The van der Waals surface area contributed by atoms with Crippen LogP contribution in [0.1, 0.15) is 58.2 Å². The number of H-pyrrole nitrogens is 3. The lowest BCUT2D eigenvalue weighted by Gasteiger charge is -2.19. The molecule has 7 nitrogen and oxygen atoms in total. The van der Waals surface area contributed by atoms with Gasteiger partial charge in [0, 0.05) is 44.3 Å². The SMILES string of the molecule is C=Cc1c2[nH]c(c1C)/C=C1\NC(C[C@@H]1C)C1=c3[nH]c(c(C)c3=C(O)[C@@H]1C(=O)O)/C=c1\[nH]/c(c(C)c1C)=C\2. The molecule has 1 saturated heterocycles. The fraction of sp³-hybridized carbons (Fsp3) is 0.300. The predicted molar refractivity (Wildman–Crippen MR) is 146 cm³/mol. The number of hydrogen-bond donors (Lipinski definition) is 6. The van der Waals surface area contributed by atoms with Crippen LogP contribution in [-0.2, 0) is 4.79 Å². The Kier molecular flexibility index (Phi) is 4.99. The molecule has 3 aromatic rings. The van der Waals surface area contributed by atoms with Gasteiger partial charge < -0.3 is 30.5 Å². The third-order valence-corrected chi connectivity index (χ3v) is 8.59. The van der Waals surface area contributed by atoms with Gasteiger partial charge in [-0.2, -0.15) is 0 Å². The van der Waals surface area contributed by atoms with E-state index >= 15 is 0 Å². The summed E-state index contributed by atoms with van der Waals surface area (Å²) in [6.45, 7) is 14.4. The molecule has 0 radical (unpaired) electrons. The number of aliphatic hydroxyl groups is 1. The molecule has 3 aromatic heterocycles. The molecule has 1 unspecified atom stereocenters. The third kappa shape index (κ3) is 3.23. The van der Waals surface area contributed by atoms with Gasteiger partial charge in [0.15, 0.2) is 0 Å². The van der Waals surface area contributed by atoms with Crippen molar-refractivity contribution in [2.45, 2.75) is 47.1 Å². The average molecular weight is 497 g/mol. The van der Waals surface area contributed by atoms with Crippen molar-refractivity contribution in [3.63, 3.8) is 0 Å². The first-order valence-corrected chi connectivity index (χ1v) is 12.7. The number of fused-ring (bicyclic) bond motifs is 8. The molecular weight excluding hydrogens is 464 g/mol. The van der Waals surface area contributed by atoms with Crippen molar-refractivity contribution in [2.75, 3.05) is 0 Å². The summed E-state index contributed by atoms with van der Waals surface area (Å²) in [5.74, 6) is -2.01. The molecule has 3 atom stereocenters. The number of aromatic nitrogens is 3. The van der Waals surface area contributed by atoms with Gasteiger partial charge in [-0.15, -0.1) is 0 Å². The number of nitrogens with one attached hydrogen (secondary N) is 4. The maximum atomic E-state index is 12.4. The number of allylic oxidation sites excluding steroid dienone is 1. The van der Waals surface area contributed by atoms with Gasteiger partial charge in [0.1, 0.15) is 11.7 Å². The number of carboxylic acids is 1. The van der Waals surface area contributed by atoms with Gasteiger partial charge in [0.2, 0.25) is 0 Å². The molecule has 37 heavy (non-hydrogen) atoms. The molecule has 8 bridgehead atoms. The second kappa shape index (κ2) is 7.93. The molecule has 1 fully saturated rings. The van der Waals surface area contributed by atoms with Gasteiger partial charge in [-0.25, -0.2) is 0 Å². The summed E-state index contributed by atoms with van der Waals surface area (Å²) in [6, 6.07) is -0.217. The molecule has 0 amide bonds. The summed E-state index contributed by atoms with van der Waals surface area (Å²) < 4.78 is 0. The van der Waals surface area contributed by atoms with Crippen molar-refractivity contribution in [2.24, 2.45) is 11.8 Å². The molecule has 2 aliphatic heterocycles. The summed E-state index contributed by atoms with van der Waals surface area (Å²) in [4.78, 5) is 23.0. The summed E-state index contributed by atoms with van der Waals surface area (Å²) >= 11 is 0. The minimum absolute atomic E-state index is 0.0900. The van der Waals surface area contributed by atoms with Crippen LogP contribution in [0, 0.1) is 39.5 Å². The Hall–Kier alpha value is -4.13. The Morgan fingerprint density at radius 3 is 2.24 bits per heavy atom. The van der Waals surface area contributed by atoms with Crippen LogP contribution < -0.4 is 26.6 Å². The third-order valence-electron chi connectivity index (χ3n) is 8.59. The van der Waals surface area contributed by atoms with Crippen LogP contribution >= 0.6 is 0 Å². The zero-order valence-corrected chi connectivity index (χ0v) is 21.8. The van der Waals surface area contributed by atoms with Crippen molar-refractivity contribution in [3.8, 4) is 0 Å². The average Bonchev–Trinajstić information content (AvgIpc) is 3.59. The van der Waals surface area contributed by atoms with E-state index in [1.165, 1.54) is 0 Å². The first-order valence-electron chi connectivity index (χ1n) is 12.7. The molecule has 7 heteroatoms. The Morgan fingerprint density at radius 2 is 1.59 bits per heavy atom. The van der Waals surface area contributed by atoms with Gasteiger partial charge in [0.25, 0.3) is 0 Å². The van der Waals surface area contributed by atoms with Crippen molar-refractivity contribution in [3.05, 3.63) is 78.4 Å². The number of aromatic amines is 3. The van der Waals surface area contributed by atoms with E-state index in [9.17, 15) is 15.0 Å². The second-order valence-corrected chi connectivity index (χ2v) is 10.6. The number of rotatable bonds is 2. The lowest BCUT2D eigenvalue weighted by Crippen LogP contribution is -2.33. The number of carbonyl (C=O) groups is 1. The Labute approximate surface area is 214 Å². The second-order valence-electron chi connectivity index (χ2n) is 10.6. The maximum absolute atomic E-state index is 12.4. The molecule has 6 N–H and O–H groups in total. The van der Waals surface area contributed by atoms with Crippen LogP contribution in [0.3, 0.4) is 0 Å². The molecule has 0 spiro atoms. The predicted octanol–water partition coefficient (Wildman–Crippen LogP) is 2.09. The van der Waals surface area contributed by atoms with E-state index in [1.54, 1.807) is 0 Å². The van der Waals surface area contributed by atoms with Crippen molar-refractivity contribution in [1.82, 2.24) is 20.3 Å². The molecular formula is C30H32N4O3. The fourth-order valence-corrected chi connectivity index (χ4v) is 6.27. The van der Waals surface area contributed by atoms with E-state index in [0.717, 1.165) is 67.7 Å². The summed E-state index contributed by atoms with van der Waals surface area (Å²) in [5.41, 5.74) is 9.86. The van der Waals surface area contributed by atoms with E-state index in [0.29, 0.717) is 16.1 Å². The fourth-order valence-electron chi connectivity index (χ4n) is 6.27. The van der Waals surface area contributed by atoms with Crippen molar-refractivity contribution in [1.29, 1.82) is 0 Å². The molecule has 3 aliphatic rings. The van der Waals surface area contributed by atoms with Crippen molar-refractivity contribution >= 4 is 41.6 Å². The smallest absolute Gasteiger partial charge is 0.318 e. The highest BCUT2D eigenvalue weighted by Gasteiger charge is 2.41. The van der Waals surface area contributed by atoms with E-state index < -0.39 is 11.9 Å². The Morgan fingerprint density at radius 1 is 0.946 bits per heavy atom. The molecule has 6 rings (SSSR count). The Bertz CT molecular complexity index is 1810. The quantitative estimate of drug-likeness (QED) is 0.326. The van der Waals surface area contributed by atoms with Gasteiger partial charge in [0.05, 0.1) is 11.4 Å². The lowest BCUT2D eigenvalue weighted by molar-refractivity contribution is -0.138. The summed E-state index contributed by atoms with van der Waals surface area (Å²) in [5, 5.41) is 28.2. The number of carboxylic acid groups (broad SMARTS) is 1. The van der Waals surface area contributed by atoms with Gasteiger partial charge >= 0.3 is 5.97 Å². The van der Waals surface area contributed by atoms with E-state index in [4.69, 9.17) is 0 Å². The minimum Gasteiger partial charge on any atom is -0.510 e. The maximum Gasteiger partial charge on any atom is 0.318 e. The van der Waals surface area contributed by atoms with Crippen molar-refractivity contribution < 1.29 is 15.0 Å². The standard InChI is InChI=1S/C30H32N4O3/c1-7-17-15(5)21-9-18-12(2)8-24(31-18)26-27(30(36)37)29(35)25-16(6)22(34-28(25)26)10-19-13(3)14(4)20(32-19)11-23(17)33-21/h7,9-12,24,27,31-35H,1,8H2,2-6H3,(H,36,37)/b18-9-,19-10-,20-11-/t12-,24?,27+/m0/s1. The molecule has 190 valence electrons. The van der Waals surface area contributed by atoms with E-state index in [1.807, 2.05) is 13.0 Å². The number of hydrogen-bond acceptors (Lipinski definition) is 3. The zero-order chi connectivity index (χ0) is 26.3. The highest BCUT2D eigenvalue weighted by Crippen LogP contribution is 2.36. The van der Waals surface area contributed by atoms with Gasteiger partial charge in [-0.1, -0.05) is 19.6 Å². The van der Waals surface area contributed by atoms with Crippen LogP contribution in [-0.4, -0.2) is 37.2 Å². The molecule has 0 saturated carbocycles. The summed E-state index contributed by atoms with van der Waals surface area (Å²) in [7, 11) is 0. The largest absolute Gasteiger partial charge is 0.510 e. The van der Waals surface area contributed by atoms with Gasteiger partial charge in [-0.3, -0.25) is 4.79 Å². The van der Waals surface area contributed by atoms with E-state index in [2.05, 4.69) is 72.8 Å². The molecule has 1 aliphatic carbocycles. The highest BCUT2D eigenvalue weighted by molar-refractivity contribution is 5.94. The first-order chi connectivity index (χ1) is 17.6. The lowest BCUT2D eigenvalue weighted by atomic mass is 9.91. The molecule has 0 aromatic carbocycles. The van der Waals surface area contributed by atoms with Crippen LogP contribution in [0.4, 0.5) is 0 Å². The van der Waals surface area contributed by atoms with Crippen LogP contribution in [0.25, 0.3) is 35.6 Å². The van der Waals surface area contributed by atoms with E-state index in [-0.39, 0.29) is 17.7 Å². The summed E-state index contributed by atoms with van der Waals surface area (Å²) in [6.07, 6.45) is 8.94. The Balaban J connectivity index is 1.73. The minimum atomic E-state index is -1.07. The number of aliphatic carboxylic acids is 1. The normalized spacial score (nSPS) is 25.1. The molecule has 5 heterocycles. The number of aliphatic hydroxyl groups excluding tert-OH is 1. The zero-order valence-electron chi connectivity index (χ0n) is 21.8. The topological polar surface area (TPSA) is 117 Å². The highest BCUT2D eigenvalue weighted by atomic mass is 16.4. The van der Waals surface area contributed by atoms with Crippen LogP contribution in [0.5, 0.6) is 0 Å². The monoisotopic (exact) mass is 496 g/mol. The van der Waals surface area contributed by atoms with Crippen LogP contribution in [0.2, 0.25) is 0 Å². The first kappa shape index (κ1) is 23.3. The van der Waals surface area contributed by atoms with Crippen LogP contribution in [0.15, 0.2) is 12.3 Å².